The molecule has 3 aromatic rings. The lowest BCUT2D eigenvalue weighted by Gasteiger charge is -2.43. The van der Waals surface area contributed by atoms with Crippen LogP contribution in [-0.2, 0) is 11.3 Å². The molecule has 0 saturated carbocycles. The van der Waals surface area contributed by atoms with Crippen molar-refractivity contribution in [1.82, 2.24) is 24.8 Å². The number of nitrogens with zero attached hydrogens (tertiary/aromatic N) is 6. The molecule has 0 radical (unpaired) electrons. The topological polar surface area (TPSA) is 112 Å². The van der Waals surface area contributed by atoms with Crippen LogP contribution in [0.2, 0.25) is 0 Å². The van der Waals surface area contributed by atoms with E-state index < -0.39 is 6.61 Å². The number of urea groups is 1. The molecule has 0 atom stereocenters. The summed E-state index contributed by atoms with van der Waals surface area (Å²) in [5.41, 5.74) is 4.65. The van der Waals surface area contributed by atoms with E-state index in [4.69, 9.17) is 9.72 Å². The van der Waals surface area contributed by atoms with Gasteiger partial charge in [0.25, 0.3) is 0 Å². The highest BCUT2D eigenvalue weighted by atomic mass is 16.5. The molecule has 5 heterocycles. The number of piperidine rings is 1. The van der Waals surface area contributed by atoms with Crippen molar-refractivity contribution < 1.29 is 19.4 Å². The minimum atomic E-state index is -0.498. The Labute approximate surface area is 196 Å². The monoisotopic (exact) mass is 462 g/mol. The van der Waals surface area contributed by atoms with Gasteiger partial charge in [-0.3, -0.25) is 14.7 Å². The van der Waals surface area contributed by atoms with Crippen LogP contribution in [0.1, 0.15) is 18.4 Å². The van der Waals surface area contributed by atoms with Gasteiger partial charge in [0.15, 0.2) is 0 Å². The van der Waals surface area contributed by atoms with Gasteiger partial charge in [0.05, 0.1) is 30.6 Å². The fourth-order valence-corrected chi connectivity index (χ4v) is 4.70. The molecule has 0 aromatic carbocycles. The molecule has 2 aliphatic heterocycles. The van der Waals surface area contributed by atoms with E-state index in [1.54, 1.807) is 36.2 Å². The van der Waals surface area contributed by atoms with Crippen molar-refractivity contribution in [1.29, 1.82) is 0 Å². The number of aromatic nitrogens is 3. The number of amides is 3. The molecule has 10 heteroatoms. The van der Waals surface area contributed by atoms with E-state index >= 15 is 0 Å². The zero-order valence-electron chi connectivity index (χ0n) is 19.1. The van der Waals surface area contributed by atoms with Crippen molar-refractivity contribution >= 4 is 28.7 Å². The van der Waals surface area contributed by atoms with Gasteiger partial charge in [-0.05, 0) is 31.0 Å². The van der Waals surface area contributed by atoms with Crippen LogP contribution in [0, 0.1) is 0 Å². The minimum Gasteiger partial charge on any atom is -0.481 e. The van der Waals surface area contributed by atoms with Gasteiger partial charge in [0.1, 0.15) is 12.1 Å². The average molecular weight is 463 g/mol. The van der Waals surface area contributed by atoms with Crippen LogP contribution < -0.4 is 9.64 Å². The Hall–Kier alpha value is -3.79. The SMILES string of the molecule is COc1ccc(-c2ccc3ncc4c(c3n2)N(C2CCN(C(=O)CO)CC2)C(=O)N(C)C4)cn1. The predicted octanol–water partition coefficient (Wildman–Crippen LogP) is 2.06. The highest BCUT2D eigenvalue weighted by Crippen LogP contribution is 2.37. The third-order valence-electron chi connectivity index (χ3n) is 6.50. The van der Waals surface area contributed by atoms with Gasteiger partial charge < -0.3 is 19.6 Å². The summed E-state index contributed by atoms with van der Waals surface area (Å²) >= 11 is 0. The summed E-state index contributed by atoms with van der Waals surface area (Å²) in [5, 5.41) is 9.19. The Bertz CT molecular complexity index is 1240. The molecule has 1 N–H and O–H groups in total. The Morgan fingerprint density at radius 2 is 1.94 bits per heavy atom. The van der Waals surface area contributed by atoms with E-state index in [-0.39, 0.29) is 18.0 Å². The number of anilines is 1. The molecular weight excluding hydrogens is 436 g/mol. The maximum Gasteiger partial charge on any atom is 0.324 e. The highest BCUT2D eigenvalue weighted by Gasteiger charge is 2.37. The number of hydrogen-bond donors (Lipinski definition) is 1. The van der Waals surface area contributed by atoms with Gasteiger partial charge in [-0.25, -0.2) is 14.8 Å². The first-order valence-corrected chi connectivity index (χ1v) is 11.2. The Morgan fingerprint density at radius 1 is 1.15 bits per heavy atom. The number of carbonyl (C=O) groups excluding carboxylic acids is 2. The normalized spacial score (nSPS) is 16.7. The Morgan fingerprint density at radius 3 is 2.62 bits per heavy atom. The van der Waals surface area contributed by atoms with E-state index in [9.17, 15) is 14.7 Å². The lowest BCUT2D eigenvalue weighted by Crippen LogP contribution is -2.54. The first kappa shape index (κ1) is 22.0. The van der Waals surface area contributed by atoms with Crippen LogP contribution >= 0.6 is 0 Å². The zero-order valence-corrected chi connectivity index (χ0v) is 19.1. The van der Waals surface area contributed by atoms with Crippen molar-refractivity contribution in [2.24, 2.45) is 0 Å². The van der Waals surface area contributed by atoms with Crippen LogP contribution in [-0.4, -0.2) is 81.7 Å². The standard InChI is InChI=1S/C24H26N6O4/c1-28-13-16-12-25-19-5-4-18(15-3-6-20(34-2)26-11-15)27-22(19)23(16)30(24(28)33)17-7-9-29(10-8-17)21(32)14-31/h3-6,11-12,17,31H,7-10,13-14H2,1-2H3. The maximum atomic E-state index is 13.4. The molecule has 0 unspecified atom stereocenters. The van der Waals surface area contributed by atoms with Crippen LogP contribution in [0.15, 0.2) is 36.7 Å². The Balaban J connectivity index is 1.57. The second-order valence-electron chi connectivity index (χ2n) is 8.56. The second-order valence-corrected chi connectivity index (χ2v) is 8.56. The van der Waals surface area contributed by atoms with Crippen molar-refractivity contribution in [3.63, 3.8) is 0 Å². The fourth-order valence-electron chi connectivity index (χ4n) is 4.70. The van der Waals surface area contributed by atoms with Gasteiger partial charge in [0, 0.05) is 55.8 Å². The number of aliphatic hydroxyl groups is 1. The molecular formula is C24H26N6O4. The molecule has 34 heavy (non-hydrogen) atoms. The Kier molecular flexibility index (Phi) is 5.74. The number of methoxy groups -OCH3 is 1. The molecule has 3 amide bonds. The summed E-state index contributed by atoms with van der Waals surface area (Å²) in [5.74, 6) is 0.240. The molecule has 0 spiro atoms. The summed E-state index contributed by atoms with van der Waals surface area (Å²) in [6.45, 7) is 0.936. The van der Waals surface area contributed by atoms with Crippen LogP contribution in [0.25, 0.3) is 22.3 Å². The van der Waals surface area contributed by atoms with Gasteiger partial charge in [-0.2, -0.15) is 0 Å². The number of likely N-dealkylation sites (tertiary alicyclic amines) is 1. The summed E-state index contributed by atoms with van der Waals surface area (Å²) < 4.78 is 5.15. The number of pyridine rings is 3. The summed E-state index contributed by atoms with van der Waals surface area (Å²) in [7, 11) is 3.35. The molecule has 5 rings (SSSR count). The number of aliphatic hydroxyl groups excluding tert-OH is 1. The average Bonchev–Trinajstić information content (AvgIpc) is 2.89. The third-order valence-corrected chi connectivity index (χ3v) is 6.50. The smallest absolute Gasteiger partial charge is 0.324 e. The third kappa shape index (κ3) is 3.79. The molecule has 2 aliphatic rings. The number of carbonyl (C=O) groups is 2. The number of fused-ring (bicyclic) bond motifs is 3. The quantitative estimate of drug-likeness (QED) is 0.632. The van der Waals surface area contributed by atoms with E-state index in [1.807, 2.05) is 29.3 Å². The maximum absolute atomic E-state index is 13.4. The summed E-state index contributed by atoms with van der Waals surface area (Å²) in [4.78, 5) is 44.2. The molecule has 10 nitrogen and oxygen atoms in total. The second kappa shape index (κ2) is 8.86. The van der Waals surface area contributed by atoms with Crippen molar-refractivity contribution in [2.45, 2.75) is 25.4 Å². The van der Waals surface area contributed by atoms with Crippen molar-refractivity contribution in [3.05, 3.63) is 42.2 Å². The van der Waals surface area contributed by atoms with E-state index in [1.165, 1.54) is 0 Å². The van der Waals surface area contributed by atoms with Crippen molar-refractivity contribution in [3.8, 4) is 17.1 Å². The minimum absolute atomic E-state index is 0.0875. The lowest BCUT2D eigenvalue weighted by atomic mass is 9.99. The van der Waals surface area contributed by atoms with Gasteiger partial charge in [-0.1, -0.05) is 0 Å². The van der Waals surface area contributed by atoms with Crippen LogP contribution in [0.4, 0.5) is 10.5 Å². The molecule has 0 bridgehead atoms. The van der Waals surface area contributed by atoms with Crippen LogP contribution in [0.3, 0.4) is 0 Å². The zero-order chi connectivity index (χ0) is 23.8. The van der Waals surface area contributed by atoms with Gasteiger partial charge in [-0.15, -0.1) is 0 Å². The van der Waals surface area contributed by atoms with E-state index in [0.29, 0.717) is 49.4 Å². The van der Waals surface area contributed by atoms with Gasteiger partial charge in [0.2, 0.25) is 11.8 Å². The van der Waals surface area contributed by atoms with Gasteiger partial charge >= 0.3 is 6.03 Å². The van der Waals surface area contributed by atoms with Crippen LogP contribution in [0.5, 0.6) is 5.88 Å². The molecule has 1 saturated heterocycles. The van der Waals surface area contributed by atoms with E-state index in [2.05, 4.69) is 9.97 Å². The largest absolute Gasteiger partial charge is 0.481 e. The first-order valence-electron chi connectivity index (χ1n) is 11.2. The fraction of sp³-hybridized carbons (Fsp3) is 0.375. The highest BCUT2D eigenvalue weighted by molar-refractivity contribution is 6.04. The summed E-state index contributed by atoms with van der Waals surface area (Å²) in [6, 6.07) is 7.30. The van der Waals surface area contributed by atoms with E-state index in [0.717, 1.165) is 22.5 Å². The molecule has 176 valence electrons. The lowest BCUT2D eigenvalue weighted by molar-refractivity contribution is -0.135. The molecule has 0 aliphatic carbocycles. The number of rotatable bonds is 4. The molecule has 1 fully saturated rings. The molecule has 3 aromatic heterocycles. The predicted molar refractivity (Wildman–Crippen MR) is 125 cm³/mol. The number of ether oxygens (including phenoxy) is 1. The summed E-state index contributed by atoms with van der Waals surface area (Å²) in [6.07, 6.45) is 4.77. The first-order chi connectivity index (χ1) is 16.5. The van der Waals surface area contributed by atoms with Crippen molar-refractivity contribution in [2.75, 3.05) is 38.8 Å². The number of hydrogen-bond acceptors (Lipinski definition) is 7.